The fourth-order valence-electron chi connectivity index (χ4n) is 2.96. The van der Waals surface area contributed by atoms with Crippen molar-refractivity contribution in [3.63, 3.8) is 0 Å². The molecule has 0 aromatic heterocycles. The Morgan fingerprint density at radius 3 is 2.81 bits per heavy atom. The van der Waals surface area contributed by atoms with Gasteiger partial charge in [0.25, 0.3) is 0 Å². The number of rotatable bonds is 2. The second-order valence-electron chi connectivity index (χ2n) is 5.60. The molecule has 0 saturated carbocycles. The van der Waals surface area contributed by atoms with Crippen molar-refractivity contribution in [3.8, 4) is 0 Å². The molecule has 0 aliphatic carbocycles. The number of amides is 2. The van der Waals surface area contributed by atoms with Crippen LogP contribution in [0.25, 0.3) is 0 Å². The summed E-state index contributed by atoms with van der Waals surface area (Å²) in [4.78, 5) is 28.1. The Morgan fingerprint density at radius 2 is 2.05 bits per heavy atom. The lowest BCUT2D eigenvalue weighted by Crippen LogP contribution is -2.68. The number of nitrogens with one attached hydrogen (secondary N) is 1. The van der Waals surface area contributed by atoms with E-state index in [0.717, 1.165) is 17.1 Å². The highest BCUT2D eigenvalue weighted by molar-refractivity contribution is 6.31. The van der Waals surface area contributed by atoms with E-state index in [9.17, 15) is 9.59 Å². The van der Waals surface area contributed by atoms with Crippen LogP contribution in [0.1, 0.15) is 12.5 Å². The molecule has 1 N–H and O–H groups in total. The predicted molar refractivity (Wildman–Crippen MR) is 79.8 cm³/mol. The average molecular weight is 308 g/mol. The van der Waals surface area contributed by atoms with Gasteiger partial charge in [0.05, 0.1) is 0 Å². The Balaban J connectivity index is 1.71. The second kappa shape index (κ2) is 5.66. The van der Waals surface area contributed by atoms with Crippen molar-refractivity contribution in [1.29, 1.82) is 0 Å². The van der Waals surface area contributed by atoms with E-state index in [0.29, 0.717) is 19.6 Å². The molecule has 2 heterocycles. The lowest BCUT2D eigenvalue weighted by molar-refractivity contribution is -0.152. The van der Waals surface area contributed by atoms with E-state index < -0.39 is 6.04 Å². The summed E-state index contributed by atoms with van der Waals surface area (Å²) in [6, 6.07) is 6.91. The van der Waals surface area contributed by atoms with Gasteiger partial charge in [0.1, 0.15) is 12.1 Å². The summed E-state index contributed by atoms with van der Waals surface area (Å²) in [5, 5.41) is 3.48. The van der Waals surface area contributed by atoms with Crippen LogP contribution in [0.4, 0.5) is 0 Å². The van der Waals surface area contributed by atoms with E-state index in [4.69, 9.17) is 11.6 Å². The van der Waals surface area contributed by atoms with Crippen LogP contribution >= 0.6 is 11.6 Å². The number of nitrogens with zero attached hydrogens (tertiary/aromatic N) is 2. The number of carbonyl (C=O) groups is 2. The molecular formula is C15H18ClN3O2. The van der Waals surface area contributed by atoms with E-state index in [-0.39, 0.29) is 17.9 Å². The van der Waals surface area contributed by atoms with Gasteiger partial charge in [-0.1, -0.05) is 29.8 Å². The molecule has 2 aliphatic rings. The third-order valence-electron chi connectivity index (χ3n) is 4.13. The standard InChI is InChI=1S/C15H18ClN3O2/c1-10-15(21)19-7-6-18(9-13(19)14(20)17-10)8-11-4-2-3-5-12(11)16/h2-5,10,13H,6-9H2,1H3,(H,17,20)/t10-,13+/m0/s1. The molecule has 2 amide bonds. The van der Waals surface area contributed by atoms with Crippen LogP contribution in [-0.2, 0) is 16.1 Å². The first-order valence-corrected chi connectivity index (χ1v) is 7.50. The van der Waals surface area contributed by atoms with Gasteiger partial charge in [-0.2, -0.15) is 0 Å². The third-order valence-corrected chi connectivity index (χ3v) is 4.50. The third kappa shape index (κ3) is 2.76. The summed E-state index contributed by atoms with van der Waals surface area (Å²) >= 11 is 6.18. The minimum absolute atomic E-state index is 0.0111. The first-order chi connectivity index (χ1) is 10.1. The Hall–Kier alpha value is -1.59. The van der Waals surface area contributed by atoms with Crippen LogP contribution in [0.15, 0.2) is 24.3 Å². The molecule has 0 radical (unpaired) electrons. The van der Waals surface area contributed by atoms with Crippen LogP contribution in [0.3, 0.4) is 0 Å². The molecule has 2 aliphatic heterocycles. The molecule has 3 rings (SSSR count). The second-order valence-corrected chi connectivity index (χ2v) is 6.01. The Bertz CT molecular complexity index is 578. The maximum absolute atomic E-state index is 12.1. The monoisotopic (exact) mass is 307 g/mol. The van der Waals surface area contributed by atoms with Gasteiger partial charge < -0.3 is 10.2 Å². The molecule has 1 aromatic rings. The van der Waals surface area contributed by atoms with Gasteiger partial charge in [-0.25, -0.2) is 0 Å². The molecule has 0 spiro atoms. The number of hydrogen-bond donors (Lipinski definition) is 1. The van der Waals surface area contributed by atoms with Crippen LogP contribution < -0.4 is 5.32 Å². The van der Waals surface area contributed by atoms with E-state index in [1.54, 1.807) is 11.8 Å². The van der Waals surface area contributed by atoms with Gasteiger partial charge in [-0.05, 0) is 18.6 Å². The average Bonchev–Trinajstić information content (AvgIpc) is 2.47. The van der Waals surface area contributed by atoms with Crippen LogP contribution in [0.5, 0.6) is 0 Å². The molecule has 1 aromatic carbocycles. The van der Waals surface area contributed by atoms with Gasteiger partial charge in [-0.15, -0.1) is 0 Å². The van der Waals surface area contributed by atoms with Crippen molar-refractivity contribution in [2.75, 3.05) is 19.6 Å². The Kier molecular flexibility index (Phi) is 3.87. The van der Waals surface area contributed by atoms with Crippen LogP contribution in [0, 0.1) is 0 Å². The van der Waals surface area contributed by atoms with Gasteiger partial charge in [0.15, 0.2) is 0 Å². The zero-order valence-electron chi connectivity index (χ0n) is 11.9. The highest BCUT2D eigenvalue weighted by Crippen LogP contribution is 2.21. The molecular weight excluding hydrogens is 290 g/mol. The van der Waals surface area contributed by atoms with Crippen molar-refractivity contribution in [3.05, 3.63) is 34.9 Å². The summed E-state index contributed by atoms with van der Waals surface area (Å²) in [5.41, 5.74) is 1.04. The molecule has 0 bridgehead atoms. The highest BCUT2D eigenvalue weighted by atomic mass is 35.5. The molecule has 0 unspecified atom stereocenters. The maximum Gasteiger partial charge on any atom is 0.245 e. The number of benzene rings is 1. The number of carbonyl (C=O) groups excluding carboxylic acids is 2. The topological polar surface area (TPSA) is 52.7 Å². The first kappa shape index (κ1) is 14.4. The zero-order chi connectivity index (χ0) is 15.0. The fourth-order valence-corrected chi connectivity index (χ4v) is 3.15. The number of piperazine rings is 2. The van der Waals surface area contributed by atoms with Crippen LogP contribution in [0.2, 0.25) is 5.02 Å². The van der Waals surface area contributed by atoms with E-state index in [2.05, 4.69) is 10.2 Å². The van der Waals surface area contributed by atoms with Crippen LogP contribution in [-0.4, -0.2) is 53.3 Å². The summed E-state index contributed by atoms with van der Waals surface area (Å²) in [7, 11) is 0. The van der Waals surface area contributed by atoms with Crippen molar-refractivity contribution < 1.29 is 9.59 Å². The lowest BCUT2D eigenvalue weighted by atomic mass is 10.0. The minimum Gasteiger partial charge on any atom is -0.343 e. The lowest BCUT2D eigenvalue weighted by Gasteiger charge is -2.44. The Morgan fingerprint density at radius 1 is 1.29 bits per heavy atom. The normalized spacial score (nSPS) is 26.5. The molecule has 6 heteroatoms. The van der Waals surface area contributed by atoms with Gasteiger partial charge >= 0.3 is 0 Å². The molecule has 2 saturated heterocycles. The van der Waals surface area contributed by atoms with Gasteiger partial charge in [0, 0.05) is 31.2 Å². The fraction of sp³-hybridized carbons (Fsp3) is 0.467. The summed E-state index contributed by atoms with van der Waals surface area (Å²) in [5.74, 6) is -0.0528. The van der Waals surface area contributed by atoms with E-state index in [1.807, 2.05) is 24.3 Å². The quantitative estimate of drug-likeness (QED) is 0.882. The van der Waals surface area contributed by atoms with Crippen molar-refractivity contribution in [2.45, 2.75) is 25.6 Å². The van der Waals surface area contributed by atoms with Crippen molar-refractivity contribution in [1.82, 2.24) is 15.1 Å². The first-order valence-electron chi connectivity index (χ1n) is 7.13. The zero-order valence-corrected chi connectivity index (χ0v) is 12.6. The minimum atomic E-state index is -0.413. The highest BCUT2D eigenvalue weighted by Gasteiger charge is 2.41. The molecule has 2 fully saturated rings. The molecule has 112 valence electrons. The van der Waals surface area contributed by atoms with Gasteiger partial charge in [-0.3, -0.25) is 14.5 Å². The number of hydrogen-bond acceptors (Lipinski definition) is 3. The number of halogens is 1. The summed E-state index contributed by atoms with van der Waals surface area (Å²) in [6.07, 6.45) is 0. The summed E-state index contributed by atoms with van der Waals surface area (Å²) in [6.45, 7) is 4.32. The van der Waals surface area contributed by atoms with E-state index in [1.165, 1.54) is 0 Å². The number of fused-ring (bicyclic) bond motifs is 1. The Labute approximate surface area is 128 Å². The SMILES string of the molecule is C[C@@H]1NC(=O)[C@H]2CN(Cc3ccccc3Cl)CCN2C1=O. The van der Waals surface area contributed by atoms with Gasteiger partial charge in [0.2, 0.25) is 11.8 Å². The smallest absolute Gasteiger partial charge is 0.245 e. The predicted octanol–water partition coefficient (Wildman–Crippen LogP) is 0.871. The maximum atomic E-state index is 12.1. The molecule has 2 atom stereocenters. The molecule has 21 heavy (non-hydrogen) atoms. The van der Waals surface area contributed by atoms with Crippen molar-refractivity contribution >= 4 is 23.4 Å². The largest absolute Gasteiger partial charge is 0.343 e. The summed E-state index contributed by atoms with van der Waals surface area (Å²) < 4.78 is 0. The molecule has 5 nitrogen and oxygen atoms in total. The van der Waals surface area contributed by atoms with Crippen molar-refractivity contribution in [2.24, 2.45) is 0 Å². The van der Waals surface area contributed by atoms with E-state index >= 15 is 0 Å².